The predicted molar refractivity (Wildman–Crippen MR) is 59.4 cm³/mol. The number of halogens is 2. The summed E-state index contributed by atoms with van der Waals surface area (Å²) in [5.74, 6) is -1.49. The second-order valence-electron chi connectivity index (χ2n) is 4.24. The molecular formula is C11H12F2O4S. The van der Waals surface area contributed by atoms with E-state index in [0.717, 1.165) is 18.4 Å². The molecule has 0 saturated carbocycles. The topological polar surface area (TPSA) is 55.9 Å². The zero-order valence-electron chi connectivity index (χ0n) is 9.81. The number of rotatable bonds is 4. The Labute approximate surface area is 104 Å². The van der Waals surface area contributed by atoms with Crippen LogP contribution in [0.1, 0.15) is 12.5 Å². The van der Waals surface area contributed by atoms with Gasteiger partial charge in [-0.2, -0.15) is 8.42 Å². The molecule has 1 aromatic rings. The fourth-order valence-electron chi connectivity index (χ4n) is 1.86. The molecule has 4 nitrogen and oxygen atoms in total. The van der Waals surface area contributed by atoms with Crippen LogP contribution in [0.5, 0.6) is 0 Å². The number of ether oxygens (including phenoxy) is 1. The van der Waals surface area contributed by atoms with E-state index in [9.17, 15) is 17.2 Å². The highest BCUT2D eigenvalue weighted by Gasteiger charge is 2.54. The summed E-state index contributed by atoms with van der Waals surface area (Å²) in [6, 6.07) is 3.06. The number of epoxide rings is 1. The summed E-state index contributed by atoms with van der Waals surface area (Å²) in [4.78, 5) is 0. The molecule has 2 atom stereocenters. The van der Waals surface area contributed by atoms with Crippen molar-refractivity contribution in [3.63, 3.8) is 0 Å². The third kappa shape index (κ3) is 2.52. The van der Waals surface area contributed by atoms with Crippen molar-refractivity contribution >= 4 is 10.1 Å². The summed E-state index contributed by atoms with van der Waals surface area (Å²) in [6.45, 7) is 1.60. The molecule has 0 spiro atoms. The van der Waals surface area contributed by atoms with E-state index in [1.54, 1.807) is 0 Å². The van der Waals surface area contributed by atoms with Crippen LogP contribution in [0.15, 0.2) is 18.2 Å². The Kier molecular flexibility index (Phi) is 3.16. The van der Waals surface area contributed by atoms with Crippen molar-refractivity contribution in [1.29, 1.82) is 0 Å². The van der Waals surface area contributed by atoms with E-state index in [2.05, 4.69) is 0 Å². The summed E-state index contributed by atoms with van der Waals surface area (Å²) in [7, 11) is -3.67. The smallest absolute Gasteiger partial charge is 0.264 e. The second-order valence-corrected chi connectivity index (χ2v) is 5.85. The van der Waals surface area contributed by atoms with E-state index < -0.39 is 33.5 Å². The molecule has 0 radical (unpaired) electrons. The van der Waals surface area contributed by atoms with Crippen molar-refractivity contribution in [3.8, 4) is 0 Å². The molecule has 18 heavy (non-hydrogen) atoms. The van der Waals surface area contributed by atoms with Crippen molar-refractivity contribution in [2.75, 3.05) is 12.9 Å². The Morgan fingerprint density at radius 3 is 2.50 bits per heavy atom. The minimum atomic E-state index is -3.67. The van der Waals surface area contributed by atoms with Crippen molar-refractivity contribution in [3.05, 3.63) is 35.4 Å². The molecule has 7 heteroatoms. The van der Waals surface area contributed by atoms with Gasteiger partial charge in [-0.25, -0.2) is 8.78 Å². The molecule has 1 saturated heterocycles. The van der Waals surface area contributed by atoms with Crippen molar-refractivity contribution < 1.29 is 26.1 Å². The molecule has 1 aliphatic rings. The molecule has 1 aromatic carbocycles. The number of hydrogen-bond donors (Lipinski definition) is 0. The quantitative estimate of drug-likeness (QED) is 0.619. The van der Waals surface area contributed by atoms with Crippen LogP contribution in [0.3, 0.4) is 0 Å². The Balaban J connectivity index is 2.31. The van der Waals surface area contributed by atoms with Crippen LogP contribution in [0, 0.1) is 11.6 Å². The van der Waals surface area contributed by atoms with E-state index in [4.69, 9.17) is 8.92 Å². The Hall–Kier alpha value is -1.05. The van der Waals surface area contributed by atoms with Gasteiger partial charge in [-0.05, 0) is 13.0 Å². The van der Waals surface area contributed by atoms with Crippen LogP contribution in [0.25, 0.3) is 0 Å². The van der Waals surface area contributed by atoms with Crippen molar-refractivity contribution in [2.45, 2.75) is 18.6 Å². The monoisotopic (exact) mass is 278 g/mol. The third-order valence-electron chi connectivity index (χ3n) is 2.82. The standard InChI is InChI=1S/C11H12F2O4S/c1-7(17-18(2,14)15)11(6-16-11)9-4-3-8(12)5-10(9)13/h3-5,7H,6H2,1-2H3/t7-,11?/m1/s1. The van der Waals surface area contributed by atoms with Crippen LogP contribution < -0.4 is 0 Å². The Morgan fingerprint density at radius 2 is 2.06 bits per heavy atom. The first-order valence-corrected chi connectivity index (χ1v) is 7.04. The minimum Gasteiger partial charge on any atom is -0.361 e. The van der Waals surface area contributed by atoms with Gasteiger partial charge in [0.1, 0.15) is 23.3 Å². The van der Waals surface area contributed by atoms with Gasteiger partial charge in [0.15, 0.2) is 0 Å². The molecule has 2 rings (SSSR count). The van der Waals surface area contributed by atoms with E-state index in [0.29, 0.717) is 0 Å². The molecule has 1 fully saturated rings. The van der Waals surface area contributed by atoms with Crippen LogP contribution in [0.2, 0.25) is 0 Å². The molecule has 0 amide bonds. The second kappa shape index (κ2) is 4.25. The highest BCUT2D eigenvalue weighted by atomic mass is 32.2. The first-order valence-electron chi connectivity index (χ1n) is 5.22. The SMILES string of the molecule is C[C@@H](OS(C)(=O)=O)C1(c2ccc(F)cc2F)CO1. The van der Waals surface area contributed by atoms with Crippen LogP contribution in [-0.4, -0.2) is 27.4 Å². The lowest BCUT2D eigenvalue weighted by Gasteiger charge is -2.20. The van der Waals surface area contributed by atoms with Crippen LogP contribution in [-0.2, 0) is 24.6 Å². The number of benzene rings is 1. The molecular weight excluding hydrogens is 266 g/mol. The van der Waals surface area contributed by atoms with E-state index >= 15 is 0 Å². The summed E-state index contributed by atoms with van der Waals surface area (Å²) in [5.41, 5.74) is -1.05. The first kappa shape index (κ1) is 13.4. The average Bonchev–Trinajstić information content (AvgIpc) is 2.95. The summed E-state index contributed by atoms with van der Waals surface area (Å²) in [6.07, 6.45) is 0.0214. The summed E-state index contributed by atoms with van der Waals surface area (Å²) >= 11 is 0. The molecule has 0 bridgehead atoms. The lowest BCUT2D eigenvalue weighted by Crippen LogP contribution is -2.30. The molecule has 100 valence electrons. The van der Waals surface area contributed by atoms with Crippen molar-refractivity contribution in [2.24, 2.45) is 0 Å². The molecule has 1 unspecified atom stereocenters. The fraction of sp³-hybridized carbons (Fsp3) is 0.455. The molecule has 0 aliphatic carbocycles. The zero-order valence-corrected chi connectivity index (χ0v) is 10.6. The van der Waals surface area contributed by atoms with E-state index in [1.807, 2.05) is 0 Å². The maximum Gasteiger partial charge on any atom is 0.264 e. The van der Waals surface area contributed by atoms with E-state index in [1.165, 1.54) is 13.0 Å². The third-order valence-corrected chi connectivity index (χ3v) is 3.46. The minimum absolute atomic E-state index is 0.0973. The predicted octanol–water partition coefficient (Wildman–Crippen LogP) is 1.56. The zero-order chi connectivity index (χ0) is 13.6. The van der Waals surface area contributed by atoms with Gasteiger partial charge < -0.3 is 4.74 Å². The van der Waals surface area contributed by atoms with Gasteiger partial charge >= 0.3 is 0 Å². The van der Waals surface area contributed by atoms with Gasteiger partial charge in [0.2, 0.25) is 0 Å². The highest BCUT2D eigenvalue weighted by molar-refractivity contribution is 7.86. The summed E-state index contributed by atoms with van der Waals surface area (Å²) in [5, 5.41) is 0. The molecule has 0 aromatic heterocycles. The van der Waals surface area contributed by atoms with Crippen LogP contribution >= 0.6 is 0 Å². The van der Waals surface area contributed by atoms with Gasteiger partial charge in [0, 0.05) is 11.6 Å². The maximum atomic E-state index is 13.7. The number of hydrogen-bond acceptors (Lipinski definition) is 4. The van der Waals surface area contributed by atoms with Crippen molar-refractivity contribution in [1.82, 2.24) is 0 Å². The van der Waals surface area contributed by atoms with Gasteiger partial charge in [-0.3, -0.25) is 4.18 Å². The van der Waals surface area contributed by atoms with Gasteiger partial charge in [-0.15, -0.1) is 0 Å². The van der Waals surface area contributed by atoms with Gasteiger partial charge in [-0.1, -0.05) is 6.07 Å². The van der Waals surface area contributed by atoms with Crippen LogP contribution in [0.4, 0.5) is 8.78 Å². The molecule has 1 aliphatic heterocycles. The lowest BCUT2D eigenvalue weighted by molar-refractivity contribution is 0.114. The van der Waals surface area contributed by atoms with E-state index in [-0.39, 0.29) is 12.2 Å². The normalized spacial score (nSPS) is 24.9. The maximum absolute atomic E-state index is 13.7. The largest absolute Gasteiger partial charge is 0.361 e. The molecule has 0 N–H and O–H groups in total. The Morgan fingerprint density at radius 1 is 1.44 bits per heavy atom. The summed E-state index contributed by atoms with van der Waals surface area (Å²) < 4.78 is 58.5. The Bertz CT molecular complexity index is 566. The molecule has 1 heterocycles. The van der Waals surface area contributed by atoms with Gasteiger partial charge in [0.05, 0.1) is 12.9 Å². The fourth-order valence-corrected chi connectivity index (χ4v) is 2.54. The lowest BCUT2D eigenvalue weighted by atomic mass is 9.94. The average molecular weight is 278 g/mol. The van der Waals surface area contributed by atoms with Gasteiger partial charge in [0.25, 0.3) is 10.1 Å². The first-order chi connectivity index (χ1) is 8.24. The highest BCUT2D eigenvalue weighted by Crippen LogP contribution is 2.44.